The smallest absolute Gasteiger partial charge is 0.354 e. The third-order valence-electron chi connectivity index (χ3n) is 4.51. The van der Waals surface area contributed by atoms with Gasteiger partial charge in [-0.3, -0.25) is 4.79 Å². The number of rotatable bonds is 6. The molecule has 1 N–H and O–H groups in total. The van der Waals surface area contributed by atoms with Crippen LogP contribution in [-0.2, 0) is 26.5 Å². The molecule has 0 bridgehead atoms. The summed E-state index contributed by atoms with van der Waals surface area (Å²) >= 11 is 5.94. The van der Waals surface area contributed by atoms with Crippen molar-refractivity contribution in [3.05, 3.63) is 70.7 Å². The van der Waals surface area contributed by atoms with Gasteiger partial charge in [0.2, 0.25) is 5.91 Å². The molecule has 6 nitrogen and oxygen atoms in total. The Morgan fingerprint density at radius 3 is 2.50 bits per heavy atom. The molecule has 3 rings (SSSR count). The number of amides is 1. The number of hydrogen-bond acceptors (Lipinski definition) is 5. The molecule has 0 spiro atoms. The van der Waals surface area contributed by atoms with Crippen LogP contribution in [0.4, 0.5) is 0 Å². The normalized spacial score (nSPS) is 18.7. The second kappa shape index (κ2) is 8.54. The average molecular weight is 401 g/mol. The fourth-order valence-electron chi connectivity index (χ4n) is 3.08. The Kier molecular flexibility index (Phi) is 6.11. The molecule has 1 aliphatic heterocycles. The number of esters is 1. The Morgan fingerprint density at radius 1 is 1.18 bits per heavy atom. The van der Waals surface area contributed by atoms with Crippen LogP contribution in [0.25, 0.3) is 0 Å². The van der Waals surface area contributed by atoms with Crippen LogP contribution in [0.1, 0.15) is 30.9 Å². The predicted octanol–water partition coefficient (Wildman–Crippen LogP) is 3.27. The van der Waals surface area contributed by atoms with Crippen molar-refractivity contribution in [1.29, 1.82) is 0 Å². The highest BCUT2D eigenvalue weighted by atomic mass is 35.5. The number of hydrogen-bond donors (Lipinski definition) is 1. The van der Waals surface area contributed by atoms with E-state index in [1.165, 1.54) is 0 Å². The molecule has 0 fully saturated rings. The highest BCUT2D eigenvalue weighted by Crippen LogP contribution is 2.36. The number of carbonyl (C=O) groups is 2. The number of halogens is 1. The summed E-state index contributed by atoms with van der Waals surface area (Å²) in [5.41, 5.74) is -0.333. The van der Waals surface area contributed by atoms with Gasteiger partial charge in [0.05, 0.1) is 13.0 Å². The van der Waals surface area contributed by atoms with E-state index in [4.69, 9.17) is 16.3 Å². The fraction of sp³-hybridized carbons (Fsp3) is 0.286. The summed E-state index contributed by atoms with van der Waals surface area (Å²) in [6.45, 7) is 1.86. The Morgan fingerprint density at radius 2 is 1.86 bits per heavy atom. The van der Waals surface area contributed by atoms with Gasteiger partial charge in [-0.1, -0.05) is 54.1 Å². The minimum atomic E-state index is -1.76. The summed E-state index contributed by atoms with van der Waals surface area (Å²) in [7, 11) is 0. The molecule has 0 aliphatic carbocycles. The molecule has 7 heteroatoms. The standard InChI is InChI=1S/C21H21ClN2O4/c1-2-28-20(26)18-14-21(27,16-9-11-17(22)12-10-16)24(23-18)19(25)13-8-15-6-4-3-5-7-15/h3-7,9-12,27H,2,8,13-14H2,1H3/t21-/m0/s1. The van der Waals surface area contributed by atoms with Gasteiger partial charge in [-0.15, -0.1) is 0 Å². The van der Waals surface area contributed by atoms with Crippen molar-refractivity contribution in [2.45, 2.75) is 31.9 Å². The van der Waals surface area contributed by atoms with Crippen LogP contribution >= 0.6 is 11.6 Å². The molecular formula is C21H21ClN2O4. The molecule has 1 atom stereocenters. The largest absolute Gasteiger partial charge is 0.461 e. The van der Waals surface area contributed by atoms with Gasteiger partial charge in [0.15, 0.2) is 11.4 Å². The second-order valence-corrected chi connectivity index (χ2v) is 6.90. The van der Waals surface area contributed by atoms with Crippen molar-refractivity contribution in [2.24, 2.45) is 5.10 Å². The van der Waals surface area contributed by atoms with E-state index < -0.39 is 11.7 Å². The van der Waals surface area contributed by atoms with Crippen LogP contribution in [0.15, 0.2) is 59.7 Å². The van der Waals surface area contributed by atoms with Crippen LogP contribution < -0.4 is 0 Å². The van der Waals surface area contributed by atoms with E-state index in [1.807, 2.05) is 30.3 Å². The van der Waals surface area contributed by atoms with E-state index in [9.17, 15) is 14.7 Å². The maximum absolute atomic E-state index is 12.9. The summed E-state index contributed by atoms with van der Waals surface area (Å²) in [4.78, 5) is 25.0. The van der Waals surface area contributed by atoms with Crippen molar-refractivity contribution in [1.82, 2.24) is 5.01 Å². The predicted molar refractivity (Wildman–Crippen MR) is 106 cm³/mol. The molecular weight excluding hydrogens is 380 g/mol. The third-order valence-corrected chi connectivity index (χ3v) is 4.76. The van der Waals surface area contributed by atoms with E-state index in [-0.39, 0.29) is 31.1 Å². The lowest BCUT2D eigenvalue weighted by atomic mass is 9.97. The highest BCUT2D eigenvalue weighted by Gasteiger charge is 2.47. The maximum atomic E-state index is 12.9. The third kappa shape index (κ3) is 4.24. The van der Waals surface area contributed by atoms with Crippen LogP contribution in [0.3, 0.4) is 0 Å². The average Bonchev–Trinajstić information content (AvgIpc) is 3.06. The summed E-state index contributed by atoms with van der Waals surface area (Å²) < 4.78 is 4.99. The number of ether oxygens (including phenoxy) is 1. The lowest BCUT2D eigenvalue weighted by Gasteiger charge is -2.31. The molecule has 2 aromatic rings. The van der Waals surface area contributed by atoms with Crippen LogP contribution in [-0.4, -0.2) is 34.3 Å². The summed E-state index contributed by atoms with van der Waals surface area (Å²) in [6.07, 6.45) is 0.487. The van der Waals surface area contributed by atoms with Gasteiger partial charge in [0, 0.05) is 17.0 Å². The molecule has 1 amide bonds. The molecule has 28 heavy (non-hydrogen) atoms. The Labute approximate surface area is 168 Å². The van der Waals surface area contributed by atoms with Gasteiger partial charge in [0.25, 0.3) is 0 Å². The number of aliphatic hydroxyl groups is 1. The number of aryl methyl sites for hydroxylation is 1. The Bertz CT molecular complexity index is 883. The second-order valence-electron chi connectivity index (χ2n) is 6.46. The summed E-state index contributed by atoms with van der Waals surface area (Å²) in [5.74, 6) is -1.03. The highest BCUT2D eigenvalue weighted by molar-refractivity contribution is 6.37. The van der Waals surface area contributed by atoms with Crippen molar-refractivity contribution in [3.63, 3.8) is 0 Å². The van der Waals surface area contributed by atoms with E-state index in [0.29, 0.717) is 17.0 Å². The minimum absolute atomic E-state index is 0.00682. The van der Waals surface area contributed by atoms with E-state index in [0.717, 1.165) is 10.6 Å². The number of hydrazone groups is 1. The number of nitrogens with zero attached hydrogens (tertiary/aromatic N) is 2. The lowest BCUT2D eigenvalue weighted by Crippen LogP contribution is -2.43. The zero-order valence-corrected chi connectivity index (χ0v) is 16.2. The Balaban J connectivity index is 1.86. The van der Waals surface area contributed by atoms with Crippen molar-refractivity contribution < 1.29 is 19.4 Å². The first-order chi connectivity index (χ1) is 13.4. The summed E-state index contributed by atoms with van der Waals surface area (Å²) in [5, 5.41) is 16.9. The molecule has 0 saturated carbocycles. The zero-order valence-electron chi connectivity index (χ0n) is 15.5. The van der Waals surface area contributed by atoms with Gasteiger partial charge < -0.3 is 9.84 Å². The van der Waals surface area contributed by atoms with Crippen molar-refractivity contribution in [2.75, 3.05) is 6.61 Å². The number of carbonyl (C=O) groups excluding carboxylic acids is 2. The molecule has 0 unspecified atom stereocenters. The molecule has 0 radical (unpaired) electrons. The minimum Gasteiger partial charge on any atom is -0.461 e. The number of benzene rings is 2. The van der Waals surface area contributed by atoms with Crippen LogP contribution in [0.2, 0.25) is 5.02 Å². The molecule has 1 heterocycles. The van der Waals surface area contributed by atoms with E-state index in [1.54, 1.807) is 31.2 Å². The van der Waals surface area contributed by atoms with Crippen molar-refractivity contribution in [3.8, 4) is 0 Å². The first kappa shape index (κ1) is 20.0. The van der Waals surface area contributed by atoms with Gasteiger partial charge in [0.1, 0.15) is 0 Å². The molecule has 146 valence electrons. The van der Waals surface area contributed by atoms with Crippen LogP contribution in [0, 0.1) is 0 Å². The zero-order chi connectivity index (χ0) is 20.1. The van der Waals surface area contributed by atoms with Gasteiger partial charge in [-0.2, -0.15) is 10.1 Å². The Hall–Kier alpha value is -2.70. The van der Waals surface area contributed by atoms with Gasteiger partial charge in [-0.05, 0) is 31.0 Å². The first-order valence-corrected chi connectivity index (χ1v) is 9.42. The van der Waals surface area contributed by atoms with E-state index >= 15 is 0 Å². The molecule has 0 aromatic heterocycles. The van der Waals surface area contributed by atoms with Crippen molar-refractivity contribution >= 4 is 29.2 Å². The van der Waals surface area contributed by atoms with Gasteiger partial charge >= 0.3 is 5.97 Å². The van der Waals surface area contributed by atoms with Gasteiger partial charge in [-0.25, -0.2) is 4.79 Å². The fourth-order valence-corrected chi connectivity index (χ4v) is 3.21. The quantitative estimate of drug-likeness (QED) is 0.755. The first-order valence-electron chi connectivity index (χ1n) is 9.04. The lowest BCUT2D eigenvalue weighted by molar-refractivity contribution is -0.157. The molecule has 2 aromatic carbocycles. The molecule has 0 saturated heterocycles. The topological polar surface area (TPSA) is 79.2 Å². The molecule has 1 aliphatic rings. The maximum Gasteiger partial charge on any atom is 0.354 e. The monoisotopic (exact) mass is 400 g/mol. The summed E-state index contributed by atoms with van der Waals surface area (Å²) in [6, 6.07) is 16.0. The van der Waals surface area contributed by atoms with Crippen LogP contribution in [0.5, 0.6) is 0 Å². The SMILES string of the molecule is CCOC(=O)C1=NN(C(=O)CCc2ccccc2)[C@@](O)(c2ccc(Cl)cc2)C1. The van der Waals surface area contributed by atoms with E-state index in [2.05, 4.69) is 5.10 Å².